The summed E-state index contributed by atoms with van der Waals surface area (Å²) in [6.07, 6.45) is 5.12. The van der Waals surface area contributed by atoms with Crippen molar-refractivity contribution in [1.82, 2.24) is 0 Å². The highest BCUT2D eigenvalue weighted by atomic mass is 32.2. The van der Waals surface area contributed by atoms with Crippen LogP contribution in [0, 0.1) is 0 Å². The first-order valence-corrected chi connectivity index (χ1v) is 9.65. The summed E-state index contributed by atoms with van der Waals surface area (Å²) in [7, 11) is 0. The van der Waals surface area contributed by atoms with Gasteiger partial charge in [-0.05, 0) is 53.3 Å². The second-order valence-electron chi connectivity index (χ2n) is 5.11. The number of thioether (sulfide) groups is 2. The van der Waals surface area contributed by atoms with E-state index in [2.05, 4.69) is 36.8 Å². The molecule has 0 spiro atoms. The average molecular weight is 319 g/mol. The number of hydrogen-bond acceptors (Lipinski definition) is 4. The minimum absolute atomic E-state index is 0.883. The number of rotatable bonds is 6. The van der Waals surface area contributed by atoms with Crippen LogP contribution >= 0.6 is 23.5 Å². The molecule has 4 N–H and O–H groups in total. The molecule has 0 fully saturated rings. The first-order valence-electron chi connectivity index (χ1n) is 6.86. The Balaban J connectivity index is 2.21. The average Bonchev–Trinajstić information content (AvgIpc) is 2.47. The molecule has 0 radical (unpaired) electrons. The molecule has 2 aromatic rings. The predicted octanol–water partition coefficient (Wildman–Crippen LogP) is 4.17. The maximum atomic E-state index is 6.02. The Kier molecular flexibility index (Phi) is 5.88. The van der Waals surface area contributed by atoms with E-state index in [9.17, 15) is 0 Å². The van der Waals surface area contributed by atoms with Crippen LogP contribution in [0.4, 0.5) is 11.4 Å². The van der Waals surface area contributed by atoms with Crippen LogP contribution in [0.3, 0.4) is 0 Å². The van der Waals surface area contributed by atoms with Crippen LogP contribution in [0.15, 0.2) is 36.4 Å². The molecule has 2 rings (SSSR count). The van der Waals surface area contributed by atoms with E-state index in [4.69, 9.17) is 11.5 Å². The number of anilines is 2. The van der Waals surface area contributed by atoms with Crippen LogP contribution in [0.2, 0.25) is 0 Å². The van der Waals surface area contributed by atoms with Crippen molar-refractivity contribution in [1.29, 1.82) is 0 Å². The first kappa shape index (κ1) is 16.1. The highest BCUT2D eigenvalue weighted by Gasteiger charge is 2.05. The molecular formula is C17H22N2S2. The quantitative estimate of drug-likeness (QED) is 0.785. The third kappa shape index (κ3) is 4.35. The van der Waals surface area contributed by atoms with Gasteiger partial charge in [-0.25, -0.2) is 0 Å². The van der Waals surface area contributed by atoms with Crippen LogP contribution in [-0.2, 0) is 17.9 Å². The Bertz CT molecular complexity index is 558. The van der Waals surface area contributed by atoms with Crippen molar-refractivity contribution in [2.24, 2.45) is 0 Å². The third-order valence-electron chi connectivity index (χ3n) is 3.42. The number of hydrogen-bond donors (Lipinski definition) is 2. The normalized spacial score (nSPS) is 10.8. The van der Waals surface area contributed by atoms with Gasteiger partial charge in [0, 0.05) is 22.9 Å². The summed E-state index contributed by atoms with van der Waals surface area (Å²) in [6, 6.07) is 12.7. The van der Waals surface area contributed by atoms with E-state index in [1.54, 1.807) is 23.5 Å². The topological polar surface area (TPSA) is 52.0 Å². The lowest BCUT2D eigenvalue weighted by Crippen LogP contribution is -1.98. The Morgan fingerprint density at radius 2 is 1.19 bits per heavy atom. The maximum Gasteiger partial charge on any atom is 0.0355 e. The van der Waals surface area contributed by atoms with Gasteiger partial charge in [-0.2, -0.15) is 23.5 Å². The highest BCUT2D eigenvalue weighted by Crippen LogP contribution is 2.23. The minimum Gasteiger partial charge on any atom is -0.398 e. The summed E-state index contributed by atoms with van der Waals surface area (Å²) in [5.41, 5.74) is 18.8. The third-order valence-corrected chi connectivity index (χ3v) is 4.62. The van der Waals surface area contributed by atoms with E-state index in [1.807, 2.05) is 12.1 Å². The molecule has 21 heavy (non-hydrogen) atoms. The fraction of sp³-hybridized carbons (Fsp3) is 0.294. The lowest BCUT2D eigenvalue weighted by molar-refractivity contribution is 1.17. The van der Waals surface area contributed by atoms with Crippen LogP contribution in [0.5, 0.6) is 0 Å². The molecular weight excluding hydrogens is 296 g/mol. The molecule has 0 atom stereocenters. The van der Waals surface area contributed by atoms with Crippen LogP contribution in [-0.4, -0.2) is 12.5 Å². The molecule has 0 aromatic heterocycles. The standard InChI is InChI=1S/C17H22N2S2/c1-20-10-14-8-12(3-5-16(14)18)7-13-4-6-17(19)15(9-13)11-21-2/h3-6,8-9H,7,10-11,18-19H2,1-2H3. The Morgan fingerprint density at radius 3 is 1.57 bits per heavy atom. The summed E-state index contributed by atoms with van der Waals surface area (Å²) in [6.45, 7) is 0. The van der Waals surface area contributed by atoms with Gasteiger partial charge >= 0.3 is 0 Å². The summed E-state index contributed by atoms with van der Waals surface area (Å²) in [5, 5.41) is 0. The van der Waals surface area contributed by atoms with E-state index in [0.717, 1.165) is 29.3 Å². The highest BCUT2D eigenvalue weighted by molar-refractivity contribution is 7.98. The van der Waals surface area contributed by atoms with Crippen molar-refractivity contribution >= 4 is 34.9 Å². The van der Waals surface area contributed by atoms with Gasteiger partial charge in [0.15, 0.2) is 0 Å². The molecule has 0 saturated carbocycles. The Morgan fingerprint density at radius 1 is 0.762 bits per heavy atom. The molecule has 0 aliphatic heterocycles. The zero-order chi connectivity index (χ0) is 15.2. The van der Waals surface area contributed by atoms with E-state index < -0.39 is 0 Å². The van der Waals surface area contributed by atoms with Gasteiger partial charge < -0.3 is 11.5 Å². The number of nitrogens with two attached hydrogens (primary N) is 2. The van der Waals surface area contributed by atoms with Gasteiger partial charge in [0.05, 0.1) is 0 Å². The lowest BCUT2D eigenvalue weighted by Gasteiger charge is -2.10. The second-order valence-corrected chi connectivity index (χ2v) is 6.84. The van der Waals surface area contributed by atoms with E-state index in [1.165, 1.54) is 22.3 Å². The molecule has 0 aliphatic carbocycles. The molecule has 0 amide bonds. The summed E-state index contributed by atoms with van der Waals surface area (Å²) >= 11 is 3.59. The maximum absolute atomic E-state index is 6.02. The second kappa shape index (κ2) is 7.66. The molecule has 0 unspecified atom stereocenters. The van der Waals surface area contributed by atoms with Crippen LogP contribution in [0.1, 0.15) is 22.3 Å². The molecule has 0 saturated heterocycles. The van der Waals surface area contributed by atoms with Crippen LogP contribution < -0.4 is 11.5 Å². The zero-order valence-corrected chi connectivity index (χ0v) is 14.2. The van der Waals surface area contributed by atoms with Gasteiger partial charge in [-0.1, -0.05) is 24.3 Å². The minimum atomic E-state index is 0.883. The fourth-order valence-corrected chi connectivity index (χ4v) is 3.46. The number of benzene rings is 2. The van der Waals surface area contributed by atoms with Gasteiger partial charge in [-0.3, -0.25) is 0 Å². The molecule has 112 valence electrons. The van der Waals surface area contributed by atoms with Crippen molar-refractivity contribution in [3.05, 3.63) is 58.7 Å². The van der Waals surface area contributed by atoms with Gasteiger partial charge in [-0.15, -0.1) is 0 Å². The monoisotopic (exact) mass is 318 g/mol. The van der Waals surface area contributed by atoms with Gasteiger partial charge in [0.2, 0.25) is 0 Å². The largest absolute Gasteiger partial charge is 0.398 e. The number of nitrogen functional groups attached to an aromatic ring is 2. The Hall–Kier alpha value is -1.26. The predicted molar refractivity (Wildman–Crippen MR) is 99.0 cm³/mol. The van der Waals surface area contributed by atoms with E-state index >= 15 is 0 Å². The van der Waals surface area contributed by atoms with Crippen molar-refractivity contribution in [3.63, 3.8) is 0 Å². The molecule has 0 heterocycles. The summed E-state index contributed by atoms with van der Waals surface area (Å²) in [4.78, 5) is 0. The summed E-state index contributed by atoms with van der Waals surface area (Å²) < 4.78 is 0. The molecule has 4 heteroatoms. The van der Waals surface area contributed by atoms with Crippen molar-refractivity contribution < 1.29 is 0 Å². The lowest BCUT2D eigenvalue weighted by atomic mass is 10.0. The van der Waals surface area contributed by atoms with Gasteiger partial charge in [0.25, 0.3) is 0 Å². The van der Waals surface area contributed by atoms with Gasteiger partial charge in [0.1, 0.15) is 0 Å². The van der Waals surface area contributed by atoms with E-state index in [0.29, 0.717) is 0 Å². The molecule has 0 aliphatic rings. The van der Waals surface area contributed by atoms with Crippen LogP contribution in [0.25, 0.3) is 0 Å². The SMILES string of the molecule is CSCc1cc(Cc2ccc(N)c(CSC)c2)ccc1N. The molecule has 2 nitrogen and oxygen atoms in total. The van der Waals surface area contributed by atoms with Crippen molar-refractivity contribution in [2.45, 2.75) is 17.9 Å². The fourth-order valence-electron chi connectivity index (χ4n) is 2.33. The Labute approximate surface area is 135 Å². The van der Waals surface area contributed by atoms with E-state index in [-0.39, 0.29) is 0 Å². The zero-order valence-electron chi connectivity index (χ0n) is 12.6. The first-order chi connectivity index (χ1) is 10.1. The molecule has 0 bridgehead atoms. The molecule has 2 aromatic carbocycles. The smallest absolute Gasteiger partial charge is 0.0355 e. The van der Waals surface area contributed by atoms with Crippen molar-refractivity contribution in [3.8, 4) is 0 Å². The van der Waals surface area contributed by atoms with Crippen molar-refractivity contribution in [2.75, 3.05) is 24.0 Å². The summed E-state index contributed by atoms with van der Waals surface area (Å²) in [5.74, 6) is 1.91.